The lowest BCUT2D eigenvalue weighted by Crippen LogP contribution is -2.08. The van der Waals surface area contributed by atoms with Gasteiger partial charge < -0.3 is 5.73 Å². The summed E-state index contributed by atoms with van der Waals surface area (Å²) in [4.78, 5) is 10.6. The van der Waals surface area contributed by atoms with E-state index in [1.165, 1.54) is 25.1 Å². The molecule has 0 bridgehead atoms. The van der Waals surface area contributed by atoms with E-state index in [2.05, 4.69) is 0 Å². The summed E-state index contributed by atoms with van der Waals surface area (Å²) in [5.74, 6) is 0.432. The van der Waals surface area contributed by atoms with E-state index in [1.807, 2.05) is 0 Å². The van der Waals surface area contributed by atoms with E-state index < -0.39 is 11.7 Å². The summed E-state index contributed by atoms with van der Waals surface area (Å²) >= 11 is 1.09. The summed E-state index contributed by atoms with van der Waals surface area (Å²) in [6, 6.07) is 3.71. The third-order valence-corrected chi connectivity index (χ3v) is 2.84. The number of nitrogens with two attached hydrogens (primary N) is 1. The molecular formula is C12H12F3NOS. The van der Waals surface area contributed by atoms with Crippen LogP contribution in [0.4, 0.5) is 18.9 Å². The topological polar surface area (TPSA) is 43.1 Å². The van der Waals surface area contributed by atoms with Crippen LogP contribution in [0.15, 0.2) is 24.3 Å². The van der Waals surface area contributed by atoms with Gasteiger partial charge in [0, 0.05) is 18.4 Å². The molecule has 2 nitrogen and oxygen atoms in total. The first kappa shape index (κ1) is 14.6. The van der Waals surface area contributed by atoms with Crippen LogP contribution in [0, 0.1) is 0 Å². The zero-order valence-electron chi connectivity index (χ0n) is 9.62. The fraction of sp³-hybridized carbons (Fsp3) is 0.250. The number of benzene rings is 1. The number of thioether (sulfide) groups is 1. The minimum Gasteiger partial charge on any atom is -0.398 e. The van der Waals surface area contributed by atoms with Crippen molar-refractivity contribution in [2.75, 3.05) is 11.5 Å². The molecule has 2 N–H and O–H groups in total. The van der Waals surface area contributed by atoms with Crippen LogP contribution in [0.2, 0.25) is 0 Å². The van der Waals surface area contributed by atoms with Crippen molar-refractivity contribution in [3.8, 4) is 0 Å². The summed E-state index contributed by atoms with van der Waals surface area (Å²) in [6.45, 7) is 1.43. The second-order valence-electron chi connectivity index (χ2n) is 3.55. The predicted molar refractivity (Wildman–Crippen MR) is 68.0 cm³/mol. The van der Waals surface area contributed by atoms with Crippen LogP contribution in [-0.2, 0) is 11.0 Å². The first-order valence-electron chi connectivity index (χ1n) is 5.07. The SMILES string of the molecule is CC(=O)SCC=Cc1ccc(N)c(C(F)(F)F)c1. The van der Waals surface area contributed by atoms with E-state index in [1.54, 1.807) is 6.08 Å². The molecular weight excluding hydrogens is 263 g/mol. The molecule has 1 aromatic carbocycles. The van der Waals surface area contributed by atoms with Crippen molar-refractivity contribution in [1.29, 1.82) is 0 Å². The van der Waals surface area contributed by atoms with Crippen molar-refractivity contribution in [3.05, 3.63) is 35.4 Å². The molecule has 18 heavy (non-hydrogen) atoms. The zero-order chi connectivity index (χ0) is 13.8. The van der Waals surface area contributed by atoms with Crippen LogP contribution in [-0.4, -0.2) is 10.9 Å². The molecule has 0 unspecified atom stereocenters. The van der Waals surface area contributed by atoms with Crippen LogP contribution < -0.4 is 5.73 Å². The Morgan fingerprint density at radius 3 is 2.67 bits per heavy atom. The molecule has 0 radical (unpaired) electrons. The molecule has 1 aromatic rings. The molecule has 0 amide bonds. The number of hydrogen-bond acceptors (Lipinski definition) is 3. The maximum Gasteiger partial charge on any atom is 0.418 e. The molecule has 0 heterocycles. The number of carbonyl (C=O) groups is 1. The Kier molecular flexibility index (Phi) is 4.84. The Morgan fingerprint density at radius 1 is 1.44 bits per heavy atom. The van der Waals surface area contributed by atoms with Crippen molar-refractivity contribution < 1.29 is 18.0 Å². The van der Waals surface area contributed by atoms with Gasteiger partial charge in [-0.25, -0.2) is 0 Å². The summed E-state index contributed by atoms with van der Waals surface area (Å²) in [5, 5.41) is -0.0343. The third kappa shape index (κ3) is 4.44. The quantitative estimate of drug-likeness (QED) is 0.857. The highest BCUT2D eigenvalue weighted by Crippen LogP contribution is 2.34. The first-order valence-corrected chi connectivity index (χ1v) is 6.06. The molecule has 6 heteroatoms. The molecule has 0 atom stereocenters. The minimum atomic E-state index is -4.46. The standard InChI is InChI=1S/C12H12F3NOS/c1-8(17)18-6-2-3-9-4-5-11(16)10(7-9)12(13,14)15/h2-5,7H,6,16H2,1H3. The molecule has 0 aliphatic rings. The Labute approximate surface area is 107 Å². The van der Waals surface area contributed by atoms with Gasteiger partial charge in [0.05, 0.1) is 5.56 Å². The lowest BCUT2D eigenvalue weighted by molar-refractivity contribution is -0.136. The summed E-state index contributed by atoms with van der Waals surface area (Å²) < 4.78 is 37.7. The minimum absolute atomic E-state index is 0.0343. The molecule has 0 aromatic heterocycles. The van der Waals surface area contributed by atoms with E-state index >= 15 is 0 Å². The van der Waals surface area contributed by atoms with Crippen molar-refractivity contribution in [2.45, 2.75) is 13.1 Å². The van der Waals surface area contributed by atoms with Crippen LogP contribution >= 0.6 is 11.8 Å². The van der Waals surface area contributed by atoms with Gasteiger partial charge in [0.15, 0.2) is 5.12 Å². The molecule has 1 rings (SSSR count). The second kappa shape index (κ2) is 5.95. The van der Waals surface area contributed by atoms with Gasteiger partial charge in [-0.15, -0.1) is 0 Å². The highest BCUT2D eigenvalue weighted by Gasteiger charge is 2.32. The number of rotatable bonds is 3. The lowest BCUT2D eigenvalue weighted by atomic mass is 10.1. The van der Waals surface area contributed by atoms with Crippen LogP contribution in [0.3, 0.4) is 0 Å². The number of halogens is 3. The molecule has 0 saturated heterocycles. The van der Waals surface area contributed by atoms with E-state index in [4.69, 9.17) is 5.73 Å². The monoisotopic (exact) mass is 275 g/mol. The summed E-state index contributed by atoms with van der Waals surface area (Å²) in [6.07, 6.45) is -1.29. The van der Waals surface area contributed by atoms with Crippen molar-refractivity contribution in [2.24, 2.45) is 0 Å². The fourth-order valence-corrected chi connectivity index (χ4v) is 1.70. The zero-order valence-corrected chi connectivity index (χ0v) is 10.4. The fourth-order valence-electron chi connectivity index (χ4n) is 1.27. The molecule has 0 spiro atoms. The normalized spacial score (nSPS) is 12.0. The Balaban J connectivity index is 2.83. The average Bonchev–Trinajstić information content (AvgIpc) is 2.24. The van der Waals surface area contributed by atoms with Crippen LogP contribution in [0.25, 0.3) is 6.08 Å². The van der Waals surface area contributed by atoms with Crippen molar-refractivity contribution in [1.82, 2.24) is 0 Å². The summed E-state index contributed by atoms with van der Waals surface area (Å²) in [7, 11) is 0. The van der Waals surface area contributed by atoms with E-state index in [-0.39, 0.29) is 10.8 Å². The molecule has 0 aliphatic carbocycles. The maximum absolute atomic E-state index is 12.6. The molecule has 98 valence electrons. The third-order valence-electron chi connectivity index (χ3n) is 2.08. The highest BCUT2D eigenvalue weighted by atomic mass is 32.2. The van der Waals surface area contributed by atoms with Gasteiger partial charge in [0.2, 0.25) is 0 Å². The molecule has 0 fully saturated rings. The predicted octanol–water partition coefficient (Wildman–Crippen LogP) is 3.58. The van der Waals surface area contributed by atoms with E-state index in [0.29, 0.717) is 11.3 Å². The average molecular weight is 275 g/mol. The summed E-state index contributed by atoms with van der Waals surface area (Å²) in [5.41, 5.74) is 4.54. The number of alkyl halides is 3. The van der Waals surface area contributed by atoms with Crippen molar-refractivity contribution >= 4 is 28.6 Å². The van der Waals surface area contributed by atoms with Crippen LogP contribution in [0.5, 0.6) is 0 Å². The maximum atomic E-state index is 12.6. The van der Waals surface area contributed by atoms with Gasteiger partial charge in [0.25, 0.3) is 0 Å². The van der Waals surface area contributed by atoms with Gasteiger partial charge in [0.1, 0.15) is 0 Å². The largest absolute Gasteiger partial charge is 0.418 e. The van der Waals surface area contributed by atoms with Gasteiger partial charge in [-0.2, -0.15) is 13.2 Å². The molecule has 0 aliphatic heterocycles. The van der Waals surface area contributed by atoms with E-state index in [0.717, 1.165) is 17.8 Å². The Hall–Kier alpha value is -1.43. The van der Waals surface area contributed by atoms with Gasteiger partial charge in [-0.1, -0.05) is 30.0 Å². The van der Waals surface area contributed by atoms with Gasteiger partial charge in [-0.3, -0.25) is 4.79 Å². The van der Waals surface area contributed by atoms with Gasteiger partial charge >= 0.3 is 6.18 Å². The lowest BCUT2D eigenvalue weighted by Gasteiger charge is -2.10. The number of hydrogen-bond donors (Lipinski definition) is 1. The molecule has 0 saturated carbocycles. The Morgan fingerprint density at radius 2 is 2.11 bits per heavy atom. The number of nitrogen functional groups attached to an aromatic ring is 1. The first-order chi connectivity index (χ1) is 8.30. The number of anilines is 1. The Bertz CT molecular complexity index is 469. The second-order valence-corrected chi connectivity index (χ2v) is 4.75. The van der Waals surface area contributed by atoms with E-state index in [9.17, 15) is 18.0 Å². The van der Waals surface area contributed by atoms with Gasteiger partial charge in [-0.05, 0) is 17.7 Å². The highest BCUT2D eigenvalue weighted by molar-refractivity contribution is 8.13. The smallest absolute Gasteiger partial charge is 0.398 e. The number of carbonyl (C=O) groups excluding carboxylic acids is 1. The van der Waals surface area contributed by atoms with Crippen molar-refractivity contribution in [3.63, 3.8) is 0 Å². The van der Waals surface area contributed by atoms with Crippen LogP contribution in [0.1, 0.15) is 18.1 Å².